The van der Waals surface area contributed by atoms with Crippen LogP contribution in [0.15, 0.2) is 42.2 Å². The number of ketones is 1. The van der Waals surface area contributed by atoms with Gasteiger partial charge < -0.3 is 5.11 Å². The van der Waals surface area contributed by atoms with Gasteiger partial charge in [-0.3, -0.25) is 4.79 Å². The normalized spacial score (nSPS) is 22.9. The number of allylic oxidation sites excluding steroid dienone is 1. The summed E-state index contributed by atoms with van der Waals surface area (Å²) in [6.07, 6.45) is 2.69. The van der Waals surface area contributed by atoms with E-state index >= 15 is 0 Å². The molecular formula is C13H13NaO2. The van der Waals surface area contributed by atoms with Gasteiger partial charge in [0.2, 0.25) is 0 Å². The maximum Gasteiger partial charge on any atom is 1.00 e. The van der Waals surface area contributed by atoms with E-state index in [0.29, 0.717) is 24.3 Å². The maximum absolute atomic E-state index is 11.3. The fourth-order valence-electron chi connectivity index (χ4n) is 2.07. The van der Waals surface area contributed by atoms with Crippen molar-refractivity contribution in [1.82, 2.24) is 0 Å². The van der Waals surface area contributed by atoms with Gasteiger partial charge in [0.1, 0.15) is 0 Å². The van der Waals surface area contributed by atoms with Gasteiger partial charge in [-0.15, -0.1) is 6.26 Å². The van der Waals surface area contributed by atoms with Gasteiger partial charge in [0.05, 0.1) is 0 Å². The summed E-state index contributed by atoms with van der Waals surface area (Å²) in [5.41, 5.74) is 1.68. The van der Waals surface area contributed by atoms with Crippen LogP contribution >= 0.6 is 0 Å². The Hall–Kier alpha value is -0.570. The molecule has 0 saturated heterocycles. The smallest absolute Gasteiger partial charge is 0.878 e. The van der Waals surface area contributed by atoms with E-state index in [-0.39, 0.29) is 35.3 Å². The van der Waals surface area contributed by atoms with Crippen molar-refractivity contribution in [3.63, 3.8) is 0 Å². The summed E-state index contributed by atoms with van der Waals surface area (Å²) >= 11 is 0. The average Bonchev–Trinajstić information content (AvgIpc) is 2.31. The first-order valence-electron chi connectivity index (χ1n) is 5.20. The van der Waals surface area contributed by atoms with E-state index in [9.17, 15) is 9.90 Å². The molecule has 1 aromatic carbocycles. The fraction of sp³-hybridized carbons (Fsp3) is 0.308. The molecule has 1 atom stereocenters. The quantitative estimate of drug-likeness (QED) is 0.340. The molecule has 78 valence electrons. The first-order valence-corrected chi connectivity index (χ1v) is 5.20. The van der Waals surface area contributed by atoms with Gasteiger partial charge in [0.15, 0.2) is 5.78 Å². The van der Waals surface area contributed by atoms with E-state index in [1.54, 1.807) is 0 Å². The van der Waals surface area contributed by atoms with Crippen LogP contribution in [0.25, 0.3) is 0 Å². The molecule has 0 spiro atoms. The Balaban J connectivity index is 0.00000128. The molecule has 1 aromatic rings. The van der Waals surface area contributed by atoms with Crippen LogP contribution in [0.1, 0.15) is 30.7 Å². The third-order valence-corrected chi connectivity index (χ3v) is 2.96. The predicted octanol–water partition coefficient (Wildman–Crippen LogP) is -1.23. The SMILES string of the molecule is O=C1CCC(c2ccccc2)CC1=C[O-].[Na+]. The summed E-state index contributed by atoms with van der Waals surface area (Å²) in [7, 11) is 0. The second-order valence-electron chi connectivity index (χ2n) is 3.92. The molecule has 1 fully saturated rings. The van der Waals surface area contributed by atoms with E-state index < -0.39 is 0 Å². The summed E-state index contributed by atoms with van der Waals surface area (Å²) in [6, 6.07) is 10.1. The number of hydrogen-bond donors (Lipinski definition) is 0. The van der Waals surface area contributed by atoms with Gasteiger partial charge in [-0.25, -0.2) is 0 Å². The molecule has 1 aliphatic carbocycles. The summed E-state index contributed by atoms with van der Waals surface area (Å²) in [5.74, 6) is 0.362. The van der Waals surface area contributed by atoms with Crippen molar-refractivity contribution in [2.75, 3.05) is 0 Å². The second-order valence-corrected chi connectivity index (χ2v) is 3.92. The summed E-state index contributed by atoms with van der Waals surface area (Å²) in [5, 5.41) is 10.7. The molecule has 0 amide bonds. The van der Waals surface area contributed by atoms with Gasteiger partial charge in [0.25, 0.3) is 0 Å². The van der Waals surface area contributed by atoms with Crippen LogP contribution in [-0.2, 0) is 4.79 Å². The molecule has 0 bridgehead atoms. The number of benzene rings is 1. The molecule has 2 nitrogen and oxygen atoms in total. The molecule has 2 rings (SSSR count). The Bertz CT molecular complexity index is 384. The number of carbonyl (C=O) groups excluding carboxylic acids is 1. The van der Waals surface area contributed by atoms with Crippen molar-refractivity contribution in [3.8, 4) is 0 Å². The molecule has 1 aliphatic rings. The molecule has 0 aliphatic heterocycles. The molecule has 0 N–H and O–H groups in total. The van der Waals surface area contributed by atoms with Crippen LogP contribution in [0.4, 0.5) is 0 Å². The Morgan fingerprint density at radius 3 is 2.56 bits per heavy atom. The monoisotopic (exact) mass is 224 g/mol. The molecule has 3 heteroatoms. The number of hydrogen-bond acceptors (Lipinski definition) is 2. The molecule has 1 saturated carbocycles. The maximum atomic E-state index is 11.3. The molecule has 0 radical (unpaired) electrons. The van der Waals surface area contributed by atoms with E-state index in [0.717, 1.165) is 12.7 Å². The third-order valence-electron chi connectivity index (χ3n) is 2.96. The Morgan fingerprint density at radius 2 is 1.94 bits per heavy atom. The van der Waals surface area contributed by atoms with Crippen LogP contribution in [0.3, 0.4) is 0 Å². The zero-order chi connectivity index (χ0) is 10.7. The first kappa shape index (κ1) is 13.5. The number of Topliss-reactive ketones (excluding diaryl/α,β-unsaturated/α-hetero) is 1. The molecular weight excluding hydrogens is 211 g/mol. The van der Waals surface area contributed by atoms with Crippen LogP contribution in [-0.4, -0.2) is 5.78 Å². The first-order chi connectivity index (χ1) is 7.31. The second kappa shape index (κ2) is 6.24. The zero-order valence-electron chi connectivity index (χ0n) is 9.48. The summed E-state index contributed by atoms with van der Waals surface area (Å²) < 4.78 is 0. The van der Waals surface area contributed by atoms with Gasteiger partial charge in [-0.2, -0.15) is 0 Å². The molecule has 0 aromatic heterocycles. The van der Waals surface area contributed by atoms with Crippen LogP contribution in [0.2, 0.25) is 0 Å². The minimum Gasteiger partial charge on any atom is -0.878 e. The molecule has 16 heavy (non-hydrogen) atoms. The number of carbonyl (C=O) groups is 1. The van der Waals surface area contributed by atoms with Crippen molar-refractivity contribution in [1.29, 1.82) is 0 Å². The van der Waals surface area contributed by atoms with E-state index in [1.165, 1.54) is 5.56 Å². The summed E-state index contributed by atoms with van der Waals surface area (Å²) in [6.45, 7) is 0. The Morgan fingerprint density at radius 1 is 1.25 bits per heavy atom. The standard InChI is InChI=1S/C13H14O2.Na/c14-9-12-8-11(6-7-13(12)15)10-4-2-1-3-5-10;/h1-5,9,11,14H,6-8H2;/q;+1/p-1. The minimum absolute atomic E-state index is 0. The zero-order valence-corrected chi connectivity index (χ0v) is 11.5. The third kappa shape index (κ3) is 2.97. The van der Waals surface area contributed by atoms with Crippen molar-refractivity contribution in [3.05, 3.63) is 47.7 Å². The Labute approximate surface area is 118 Å². The van der Waals surface area contributed by atoms with Crippen molar-refractivity contribution in [2.24, 2.45) is 0 Å². The van der Waals surface area contributed by atoms with Crippen molar-refractivity contribution >= 4 is 5.78 Å². The number of rotatable bonds is 1. The van der Waals surface area contributed by atoms with Gasteiger partial charge >= 0.3 is 29.6 Å². The summed E-state index contributed by atoms with van der Waals surface area (Å²) in [4.78, 5) is 11.3. The van der Waals surface area contributed by atoms with Crippen LogP contribution < -0.4 is 34.7 Å². The minimum atomic E-state index is 0. The Kier molecular flexibility index (Phi) is 5.26. The van der Waals surface area contributed by atoms with E-state index in [2.05, 4.69) is 12.1 Å². The average molecular weight is 224 g/mol. The predicted molar refractivity (Wildman–Crippen MR) is 56.1 cm³/mol. The largest absolute Gasteiger partial charge is 1.00 e. The van der Waals surface area contributed by atoms with E-state index in [4.69, 9.17) is 0 Å². The van der Waals surface area contributed by atoms with Gasteiger partial charge in [-0.05, 0) is 29.9 Å². The van der Waals surface area contributed by atoms with Gasteiger partial charge in [-0.1, -0.05) is 30.3 Å². The van der Waals surface area contributed by atoms with Crippen LogP contribution in [0, 0.1) is 0 Å². The van der Waals surface area contributed by atoms with Crippen LogP contribution in [0.5, 0.6) is 0 Å². The van der Waals surface area contributed by atoms with Crippen molar-refractivity contribution in [2.45, 2.75) is 25.2 Å². The fourth-order valence-corrected chi connectivity index (χ4v) is 2.07. The van der Waals surface area contributed by atoms with E-state index in [1.807, 2.05) is 18.2 Å². The molecule has 1 unspecified atom stereocenters. The van der Waals surface area contributed by atoms with Gasteiger partial charge in [0, 0.05) is 6.42 Å². The van der Waals surface area contributed by atoms with Crippen molar-refractivity contribution < 1.29 is 39.5 Å². The molecule has 0 heterocycles. The topological polar surface area (TPSA) is 40.1 Å².